The van der Waals surface area contributed by atoms with Crippen LogP contribution in [0.3, 0.4) is 0 Å². The van der Waals surface area contributed by atoms with Crippen molar-refractivity contribution in [3.63, 3.8) is 0 Å². The van der Waals surface area contributed by atoms with Crippen molar-refractivity contribution in [1.29, 1.82) is 0 Å². The lowest BCUT2D eigenvalue weighted by molar-refractivity contribution is -0.114. The van der Waals surface area contributed by atoms with E-state index in [2.05, 4.69) is 10.3 Å². The number of amides is 1. The zero-order valence-corrected chi connectivity index (χ0v) is 11.2. The van der Waals surface area contributed by atoms with Crippen LogP contribution in [-0.2, 0) is 4.79 Å². The maximum absolute atomic E-state index is 10.9. The van der Waals surface area contributed by atoms with E-state index in [1.54, 1.807) is 6.21 Å². The summed E-state index contributed by atoms with van der Waals surface area (Å²) in [7, 11) is 0. The van der Waals surface area contributed by atoms with E-state index < -0.39 is 0 Å². The highest BCUT2D eigenvalue weighted by molar-refractivity contribution is 6.30. The molecule has 0 saturated carbocycles. The predicted molar refractivity (Wildman–Crippen MR) is 79.5 cm³/mol. The molecule has 2 rings (SSSR count). The third-order valence-electron chi connectivity index (χ3n) is 2.40. The lowest BCUT2D eigenvalue weighted by Gasteiger charge is -2.01. The van der Waals surface area contributed by atoms with Gasteiger partial charge in [-0.1, -0.05) is 23.7 Å². The molecule has 0 aliphatic carbocycles. The Morgan fingerprint density at radius 3 is 2.58 bits per heavy atom. The minimum Gasteiger partial charge on any atom is -0.326 e. The van der Waals surface area contributed by atoms with Gasteiger partial charge in [0.25, 0.3) is 0 Å². The molecule has 0 saturated heterocycles. The van der Waals surface area contributed by atoms with Crippen LogP contribution < -0.4 is 5.32 Å². The molecule has 0 atom stereocenters. The van der Waals surface area contributed by atoms with Crippen LogP contribution in [0.25, 0.3) is 0 Å². The van der Waals surface area contributed by atoms with Gasteiger partial charge in [-0.3, -0.25) is 9.79 Å². The maximum atomic E-state index is 10.9. The second kappa shape index (κ2) is 6.16. The summed E-state index contributed by atoms with van der Waals surface area (Å²) in [6, 6.07) is 14.8. The van der Waals surface area contributed by atoms with Gasteiger partial charge in [0.05, 0.1) is 5.69 Å². The monoisotopic (exact) mass is 272 g/mol. The second-order valence-electron chi connectivity index (χ2n) is 4.04. The Kier molecular flexibility index (Phi) is 4.31. The Morgan fingerprint density at radius 2 is 1.95 bits per heavy atom. The van der Waals surface area contributed by atoms with Crippen molar-refractivity contribution in [2.45, 2.75) is 6.92 Å². The van der Waals surface area contributed by atoms with Crippen LogP contribution in [0.5, 0.6) is 0 Å². The molecule has 0 aliphatic rings. The fourth-order valence-corrected chi connectivity index (χ4v) is 1.77. The van der Waals surface area contributed by atoms with Gasteiger partial charge in [0.2, 0.25) is 5.91 Å². The van der Waals surface area contributed by atoms with Gasteiger partial charge in [0.1, 0.15) is 0 Å². The van der Waals surface area contributed by atoms with Crippen LogP contribution in [0.1, 0.15) is 12.5 Å². The summed E-state index contributed by atoms with van der Waals surface area (Å²) >= 11 is 5.89. The standard InChI is InChI=1S/C15H13ClN2O/c1-11(19)18-15-7-5-14(6-8-15)17-10-12-3-2-4-13(16)9-12/h2-10H,1H3,(H,18,19). The number of benzene rings is 2. The summed E-state index contributed by atoms with van der Waals surface area (Å²) in [6.07, 6.45) is 1.75. The zero-order chi connectivity index (χ0) is 13.7. The Balaban J connectivity index is 2.09. The van der Waals surface area contributed by atoms with Gasteiger partial charge < -0.3 is 5.32 Å². The minimum absolute atomic E-state index is 0.0878. The molecule has 0 unspecified atom stereocenters. The summed E-state index contributed by atoms with van der Waals surface area (Å²) in [5.74, 6) is -0.0878. The van der Waals surface area contributed by atoms with E-state index in [9.17, 15) is 4.79 Å². The van der Waals surface area contributed by atoms with Gasteiger partial charge in [0, 0.05) is 23.8 Å². The summed E-state index contributed by atoms with van der Waals surface area (Å²) in [5.41, 5.74) is 2.52. The lowest BCUT2D eigenvalue weighted by atomic mass is 10.2. The number of hydrogen-bond donors (Lipinski definition) is 1. The van der Waals surface area contributed by atoms with E-state index in [-0.39, 0.29) is 5.91 Å². The molecule has 4 heteroatoms. The highest BCUT2D eigenvalue weighted by Crippen LogP contribution is 2.17. The number of nitrogens with one attached hydrogen (secondary N) is 1. The van der Waals surface area contributed by atoms with Crippen LogP contribution in [0.4, 0.5) is 11.4 Å². The van der Waals surface area contributed by atoms with Crippen LogP contribution in [0, 0.1) is 0 Å². The third kappa shape index (κ3) is 4.23. The Labute approximate surface area is 116 Å². The predicted octanol–water partition coefficient (Wildman–Crippen LogP) is 4.05. The highest BCUT2D eigenvalue weighted by Gasteiger charge is 1.95. The Morgan fingerprint density at radius 1 is 1.21 bits per heavy atom. The molecule has 2 aromatic rings. The van der Waals surface area contributed by atoms with E-state index in [4.69, 9.17) is 11.6 Å². The molecule has 1 N–H and O–H groups in total. The van der Waals surface area contributed by atoms with Crippen LogP contribution in [0.15, 0.2) is 53.5 Å². The van der Waals surface area contributed by atoms with Crippen molar-refractivity contribution >= 4 is 35.1 Å². The number of nitrogens with zero attached hydrogens (tertiary/aromatic N) is 1. The van der Waals surface area contributed by atoms with Crippen molar-refractivity contribution < 1.29 is 4.79 Å². The van der Waals surface area contributed by atoms with E-state index >= 15 is 0 Å². The summed E-state index contributed by atoms with van der Waals surface area (Å²) in [5, 5.41) is 3.39. The van der Waals surface area contributed by atoms with Crippen molar-refractivity contribution in [2.24, 2.45) is 4.99 Å². The van der Waals surface area contributed by atoms with E-state index in [1.165, 1.54) is 6.92 Å². The lowest BCUT2D eigenvalue weighted by Crippen LogP contribution is -2.04. The molecule has 0 radical (unpaired) electrons. The molecule has 3 nitrogen and oxygen atoms in total. The summed E-state index contributed by atoms with van der Waals surface area (Å²) in [4.78, 5) is 15.2. The molecule has 0 spiro atoms. The zero-order valence-electron chi connectivity index (χ0n) is 10.4. The molecule has 0 fully saturated rings. The number of hydrogen-bond acceptors (Lipinski definition) is 2. The second-order valence-corrected chi connectivity index (χ2v) is 4.48. The quantitative estimate of drug-likeness (QED) is 0.842. The number of carbonyl (C=O) groups excluding carboxylic acids is 1. The average molecular weight is 273 g/mol. The van der Waals surface area contributed by atoms with Crippen molar-refractivity contribution in [2.75, 3.05) is 5.32 Å². The molecule has 0 aromatic heterocycles. The molecule has 96 valence electrons. The fraction of sp³-hybridized carbons (Fsp3) is 0.0667. The number of halogens is 1. The number of carbonyl (C=O) groups is 1. The summed E-state index contributed by atoms with van der Waals surface area (Å²) < 4.78 is 0. The first-order valence-electron chi connectivity index (χ1n) is 5.81. The number of rotatable bonds is 3. The van der Waals surface area contributed by atoms with Gasteiger partial charge in [-0.15, -0.1) is 0 Å². The highest BCUT2D eigenvalue weighted by atomic mass is 35.5. The Hall–Kier alpha value is -2.13. The third-order valence-corrected chi connectivity index (χ3v) is 2.63. The van der Waals surface area contributed by atoms with E-state index in [1.807, 2.05) is 48.5 Å². The number of anilines is 1. The molecule has 0 aliphatic heterocycles. The fourth-order valence-electron chi connectivity index (χ4n) is 1.57. The molecule has 2 aromatic carbocycles. The van der Waals surface area contributed by atoms with E-state index in [0.717, 1.165) is 16.9 Å². The molecule has 0 bridgehead atoms. The molecule has 0 heterocycles. The van der Waals surface area contributed by atoms with Crippen LogP contribution in [-0.4, -0.2) is 12.1 Å². The smallest absolute Gasteiger partial charge is 0.221 e. The first kappa shape index (κ1) is 13.3. The first-order chi connectivity index (χ1) is 9.13. The van der Waals surface area contributed by atoms with Crippen LogP contribution >= 0.6 is 11.6 Å². The van der Waals surface area contributed by atoms with Gasteiger partial charge in [-0.05, 0) is 42.0 Å². The minimum atomic E-state index is -0.0878. The SMILES string of the molecule is CC(=O)Nc1ccc(N=Cc2cccc(Cl)c2)cc1. The molecule has 1 amide bonds. The van der Waals surface area contributed by atoms with Crippen molar-refractivity contribution in [3.05, 3.63) is 59.1 Å². The van der Waals surface area contributed by atoms with Gasteiger partial charge in [-0.25, -0.2) is 0 Å². The van der Waals surface area contributed by atoms with Crippen molar-refractivity contribution in [1.82, 2.24) is 0 Å². The molecular formula is C15H13ClN2O. The number of aliphatic imine (C=N–C) groups is 1. The topological polar surface area (TPSA) is 41.5 Å². The average Bonchev–Trinajstić information content (AvgIpc) is 2.37. The largest absolute Gasteiger partial charge is 0.326 e. The van der Waals surface area contributed by atoms with Gasteiger partial charge in [-0.2, -0.15) is 0 Å². The maximum Gasteiger partial charge on any atom is 0.221 e. The first-order valence-corrected chi connectivity index (χ1v) is 6.18. The summed E-state index contributed by atoms with van der Waals surface area (Å²) in [6.45, 7) is 1.48. The van der Waals surface area contributed by atoms with Gasteiger partial charge in [0.15, 0.2) is 0 Å². The van der Waals surface area contributed by atoms with Crippen molar-refractivity contribution in [3.8, 4) is 0 Å². The van der Waals surface area contributed by atoms with E-state index in [0.29, 0.717) is 5.02 Å². The van der Waals surface area contributed by atoms with Crippen LogP contribution in [0.2, 0.25) is 5.02 Å². The molecule has 19 heavy (non-hydrogen) atoms. The van der Waals surface area contributed by atoms with Gasteiger partial charge >= 0.3 is 0 Å². The normalized spacial score (nSPS) is 10.6. The molecular weight excluding hydrogens is 260 g/mol. The Bertz CT molecular complexity index is 606.